The minimum Gasteiger partial charge on any atom is -0.314 e. The van der Waals surface area contributed by atoms with E-state index in [1.54, 1.807) is 0 Å². The predicted molar refractivity (Wildman–Crippen MR) is 73.1 cm³/mol. The van der Waals surface area contributed by atoms with Crippen LogP contribution >= 0.6 is 0 Å². The molecule has 1 unspecified atom stereocenters. The smallest absolute Gasteiger partial charge is 0.0247 e. The maximum absolute atomic E-state index is 3.50. The van der Waals surface area contributed by atoms with Gasteiger partial charge in [0.1, 0.15) is 0 Å². The third kappa shape index (κ3) is 3.30. The van der Waals surface area contributed by atoms with Crippen molar-refractivity contribution in [1.29, 1.82) is 0 Å². The summed E-state index contributed by atoms with van der Waals surface area (Å²) in [6.07, 6.45) is 0. The predicted octanol–water partition coefficient (Wildman–Crippen LogP) is 2.42. The molecular formula is C15H24N2. The SMILES string of the molecule is Cc1ccc(CN2CCNCC2C(C)C)cc1. The van der Waals surface area contributed by atoms with E-state index in [0.717, 1.165) is 26.2 Å². The van der Waals surface area contributed by atoms with E-state index in [1.807, 2.05) is 0 Å². The summed E-state index contributed by atoms with van der Waals surface area (Å²) in [6.45, 7) is 11.3. The maximum atomic E-state index is 3.50. The normalized spacial score (nSPS) is 22.0. The van der Waals surface area contributed by atoms with Crippen molar-refractivity contribution in [3.63, 3.8) is 0 Å². The molecule has 1 aromatic rings. The molecule has 2 rings (SSSR count). The van der Waals surface area contributed by atoms with Crippen LogP contribution in [0.1, 0.15) is 25.0 Å². The lowest BCUT2D eigenvalue weighted by Crippen LogP contribution is -2.52. The van der Waals surface area contributed by atoms with Crippen molar-refractivity contribution >= 4 is 0 Å². The average Bonchev–Trinajstić information content (AvgIpc) is 2.32. The van der Waals surface area contributed by atoms with E-state index in [0.29, 0.717) is 12.0 Å². The summed E-state index contributed by atoms with van der Waals surface area (Å²) >= 11 is 0. The fourth-order valence-electron chi connectivity index (χ4n) is 2.55. The Kier molecular flexibility index (Phi) is 4.19. The Morgan fingerprint density at radius 1 is 1.29 bits per heavy atom. The molecule has 1 heterocycles. The summed E-state index contributed by atoms with van der Waals surface area (Å²) < 4.78 is 0. The van der Waals surface area contributed by atoms with Gasteiger partial charge in [0.05, 0.1) is 0 Å². The van der Waals surface area contributed by atoms with E-state index in [2.05, 4.69) is 55.3 Å². The molecule has 0 amide bonds. The topological polar surface area (TPSA) is 15.3 Å². The van der Waals surface area contributed by atoms with Gasteiger partial charge < -0.3 is 5.32 Å². The first-order valence-corrected chi connectivity index (χ1v) is 6.67. The van der Waals surface area contributed by atoms with Gasteiger partial charge in [0, 0.05) is 32.2 Å². The summed E-state index contributed by atoms with van der Waals surface area (Å²) in [5, 5.41) is 3.50. The quantitative estimate of drug-likeness (QED) is 0.861. The molecule has 1 fully saturated rings. The molecule has 0 spiro atoms. The summed E-state index contributed by atoms with van der Waals surface area (Å²) in [7, 11) is 0. The molecule has 2 nitrogen and oxygen atoms in total. The maximum Gasteiger partial charge on any atom is 0.0247 e. The molecule has 1 N–H and O–H groups in total. The fraction of sp³-hybridized carbons (Fsp3) is 0.600. The molecule has 94 valence electrons. The van der Waals surface area contributed by atoms with Crippen molar-refractivity contribution in [1.82, 2.24) is 10.2 Å². The molecule has 0 bridgehead atoms. The van der Waals surface area contributed by atoms with Gasteiger partial charge >= 0.3 is 0 Å². The number of nitrogens with one attached hydrogen (secondary N) is 1. The van der Waals surface area contributed by atoms with Crippen molar-refractivity contribution in [2.45, 2.75) is 33.4 Å². The second kappa shape index (κ2) is 5.65. The monoisotopic (exact) mass is 232 g/mol. The van der Waals surface area contributed by atoms with Crippen LogP contribution in [0.15, 0.2) is 24.3 Å². The number of piperazine rings is 1. The van der Waals surface area contributed by atoms with Gasteiger partial charge in [-0.2, -0.15) is 0 Å². The second-order valence-corrected chi connectivity index (χ2v) is 5.47. The van der Waals surface area contributed by atoms with Crippen molar-refractivity contribution in [3.8, 4) is 0 Å². The van der Waals surface area contributed by atoms with Crippen molar-refractivity contribution in [2.24, 2.45) is 5.92 Å². The van der Waals surface area contributed by atoms with Crippen LogP contribution in [-0.2, 0) is 6.54 Å². The lowest BCUT2D eigenvalue weighted by atomic mass is 9.99. The van der Waals surface area contributed by atoms with Gasteiger partial charge in [0.2, 0.25) is 0 Å². The highest BCUT2D eigenvalue weighted by Gasteiger charge is 2.24. The number of rotatable bonds is 3. The molecule has 1 saturated heterocycles. The Labute approximate surface area is 105 Å². The number of nitrogens with zero attached hydrogens (tertiary/aromatic N) is 1. The molecule has 1 aliphatic rings. The zero-order chi connectivity index (χ0) is 12.3. The van der Waals surface area contributed by atoms with Crippen LogP contribution in [0.2, 0.25) is 0 Å². The van der Waals surface area contributed by atoms with E-state index in [4.69, 9.17) is 0 Å². The highest BCUT2D eigenvalue weighted by Crippen LogP contribution is 2.16. The Morgan fingerprint density at radius 2 is 2.00 bits per heavy atom. The van der Waals surface area contributed by atoms with Gasteiger partial charge in [0.15, 0.2) is 0 Å². The van der Waals surface area contributed by atoms with Crippen LogP contribution in [-0.4, -0.2) is 30.6 Å². The Balaban J connectivity index is 2.02. The molecule has 1 aromatic carbocycles. The molecule has 0 aliphatic carbocycles. The Morgan fingerprint density at radius 3 is 2.65 bits per heavy atom. The fourth-order valence-corrected chi connectivity index (χ4v) is 2.55. The Hall–Kier alpha value is -0.860. The van der Waals surface area contributed by atoms with E-state index < -0.39 is 0 Å². The third-order valence-corrected chi connectivity index (χ3v) is 3.67. The highest BCUT2D eigenvalue weighted by atomic mass is 15.2. The molecule has 1 atom stereocenters. The van der Waals surface area contributed by atoms with Crippen LogP contribution < -0.4 is 5.32 Å². The summed E-state index contributed by atoms with van der Waals surface area (Å²) in [5.74, 6) is 0.716. The molecule has 0 saturated carbocycles. The van der Waals surface area contributed by atoms with Crippen LogP contribution in [0, 0.1) is 12.8 Å². The molecular weight excluding hydrogens is 208 g/mol. The van der Waals surface area contributed by atoms with Crippen molar-refractivity contribution in [3.05, 3.63) is 35.4 Å². The number of hydrogen-bond acceptors (Lipinski definition) is 2. The van der Waals surface area contributed by atoms with Gasteiger partial charge in [-0.3, -0.25) is 4.90 Å². The largest absolute Gasteiger partial charge is 0.314 e. The first kappa shape index (κ1) is 12.6. The van der Waals surface area contributed by atoms with Crippen LogP contribution in [0.3, 0.4) is 0 Å². The van der Waals surface area contributed by atoms with Gasteiger partial charge in [-0.15, -0.1) is 0 Å². The lowest BCUT2D eigenvalue weighted by molar-refractivity contribution is 0.117. The van der Waals surface area contributed by atoms with Gasteiger partial charge in [0.25, 0.3) is 0 Å². The van der Waals surface area contributed by atoms with Gasteiger partial charge in [-0.1, -0.05) is 43.7 Å². The van der Waals surface area contributed by atoms with E-state index in [-0.39, 0.29) is 0 Å². The van der Waals surface area contributed by atoms with Crippen molar-refractivity contribution in [2.75, 3.05) is 19.6 Å². The molecule has 2 heteroatoms. The molecule has 17 heavy (non-hydrogen) atoms. The first-order chi connectivity index (χ1) is 8.16. The summed E-state index contributed by atoms with van der Waals surface area (Å²) in [6, 6.07) is 9.61. The number of hydrogen-bond donors (Lipinski definition) is 1. The number of aryl methyl sites for hydroxylation is 1. The highest BCUT2D eigenvalue weighted by molar-refractivity contribution is 5.21. The lowest BCUT2D eigenvalue weighted by Gasteiger charge is -2.38. The second-order valence-electron chi connectivity index (χ2n) is 5.47. The van der Waals surface area contributed by atoms with Crippen LogP contribution in [0.4, 0.5) is 0 Å². The van der Waals surface area contributed by atoms with E-state index in [9.17, 15) is 0 Å². The average molecular weight is 232 g/mol. The number of benzene rings is 1. The zero-order valence-corrected chi connectivity index (χ0v) is 11.2. The third-order valence-electron chi connectivity index (χ3n) is 3.67. The molecule has 0 aromatic heterocycles. The molecule has 1 aliphatic heterocycles. The van der Waals surface area contributed by atoms with Crippen LogP contribution in [0.25, 0.3) is 0 Å². The minimum atomic E-state index is 0.671. The summed E-state index contributed by atoms with van der Waals surface area (Å²) in [5.41, 5.74) is 2.78. The van der Waals surface area contributed by atoms with E-state index in [1.165, 1.54) is 11.1 Å². The van der Waals surface area contributed by atoms with E-state index >= 15 is 0 Å². The van der Waals surface area contributed by atoms with Crippen molar-refractivity contribution < 1.29 is 0 Å². The zero-order valence-electron chi connectivity index (χ0n) is 11.2. The standard InChI is InChI=1S/C15H24N2/c1-12(2)15-10-16-8-9-17(15)11-14-6-4-13(3)5-7-14/h4-7,12,15-16H,8-11H2,1-3H3. The van der Waals surface area contributed by atoms with Crippen LogP contribution in [0.5, 0.6) is 0 Å². The molecule has 0 radical (unpaired) electrons. The Bertz CT molecular complexity index is 342. The summed E-state index contributed by atoms with van der Waals surface area (Å²) in [4.78, 5) is 2.62. The first-order valence-electron chi connectivity index (χ1n) is 6.67. The van der Waals surface area contributed by atoms with Gasteiger partial charge in [-0.25, -0.2) is 0 Å². The van der Waals surface area contributed by atoms with Gasteiger partial charge in [-0.05, 0) is 18.4 Å². The minimum absolute atomic E-state index is 0.671.